The Morgan fingerprint density at radius 2 is 0.870 bits per heavy atom. The number of nitrogens with zero attached hydrogens (tertiary/aromatic N) is 1. The Labute approximate surface area is 270 Å². The van der Waals surface area contributed by atoms with Gasteiger partial charge in [0.2, 0.25) is 0 Å². The summed E-state index contributed by atoms with van der Waals surface area (Å²) in [6, 6.07) is 49.2. The molecular formula is C41H33NO3P+. The Hall–Kier alpha value is -5.31. The van der Waals surface area contributed by atoms with Crippen molar-refractivity contribution in [1.29, 1.82) is 0 Å². The van der Waals surface area contributed by atoms with Crippen molar-refractivity contribution in [1.82, 2.24) is 0 Å². The van der Waals surface area contributed by atoms with Gasteiger partial charge in [-0.3, -0.25) is 9.59 Å². The smallest absolute Gasteiger partial charge is 0.266 e. The minimum atomic E-state index is -2.27. The lowest BCUT2D eigenvalue weighted by molar-refractivity contribution is 0.0926. The molecule has 0 fully saturated rings. The van der Waals surface area contributed by atoms with Crippen molar-refractivity contribution in [2.45, 2.75) is 20.8 Å². The summed E-state index contributed by atoms with van der Waals surface area (Å²) in [5, 5.41) is 5.06. The number of carbonyl (C=O) groups excluding carboxylic acids is 2. The highest BCUT2D eigenvalue weighted by molar-refractivity contribution is 8.01. The molecule has 0 aromatic heterocycles. The van der Waals surface area contributed by atoms with Gasteiger partial charge in [0, 0.05) is 0 Å². The van der Waals surface area contributed by atoms with Gasteiger partial charge in [0.05, 0.1) is 16.8 Å². The van der Waals surface area contributed by atoms with Crippen LogP contribution in [0.3, 0.4) is 0 Å². The first-order valence-electron chi connectivity index (χ1n) is 15.3. The van der Waals surface area contributed by atoms with Gasteiger partial charge in [-0.25, -0.2) is 4.90 Å². The minimum absolute atomic E-state index is 0.328. The van der Waals surface area contributed by atoms with Crippen molar-refractivity contribution < 1.29 is 14.3 Å². The largest absolute Gasteiger partial charge is 0.457 e. The molecule has 5 heteroatoms. The Balaban J connectivity index is 1.28. The van der Waals surface area contributed by atoms with Gasteiger partial charge in [-0.2, -0.15) is 0 Å². The van der Waals surface area contributed by atoms with E-state index in [-0.39, 0.29) is 11.8 Å². The summed E-state index contributed by atoms with van der Waals surface area (Å²) in [4.78, 5) is 27.6. The highest BCUT2D eigenvalue weighted by atomic mass is 31.2. The molecule has 0 unspecified atom stereocenters. The molecular weight excluding hydrogens is 585 g/mol. The maximum absolute atomic E-state index is 13.3. The lowest BCUT2D eigenvalue weighted by Gasteiger charge is -2.28. The SMILES string of the molecule is Cc1ccc([P+](c2ccc(C)cc2)(c2ccc(C)cc2)c2ccc(Oc3ccc4c(c3)C(=O)N(c3ccccc3)C4=O)cc2)cc1. The topological polar surface area (TPSA) is 46.6 Å². The summed E-state index contributed by atoms with van der Waals surface area (Å²) in [6.07, 6.45) is 0. The molecule has 0 radical (unpaired) electrons. The number of aryl methyl sites for hydroxylation is 3. The maximum Gasteiger partial charge on any atom is 0.266 e. The molecule has 1 heterocycles. The molecule has 0 N–H and O–H groups in total. The summed E-state index contributed by atoms with van der Waals surface area (Å²) in [5.41, 5.74) is 4.93. The normalized spacial score (nSPS) is 12.7. The zero-order chi connectivity index (χ0) is 31.8. The fraction of sp³-hybridized carbons (Fsp3) is 0.0732. The van der Waals surface area contributed by atoms with Gasteiger partial charge >= 0.3 is 0 Å². The first kappa shape index (κ1) is 29.4. The molecule has 4 nitrogen and oxygen atoms in total. The van der Waals surface area contributed by atoms with Gasteiger partial charge in [0.25, 0.3) is 11.8 Å². The Kier molecular flexibility index (Phi) is 7.60. The van der Waals surface area contributed by atoms with Crippen molar-refractivity contribution in [2.24, 2.45) is 0 Å². The second kappa shape index (κ2) is 11.9. The summed E-state index contributed by atoms with van der Waals surface area (Å²) in [7, 11) is -2.27. The standard InChI is InChI=1S/C41H33NO3P/c1-28-9-18-34(19-10-28)46(35-20-11-29(2)12-21-35,36-22-13-30(3)14-23-36)37-24-15-32(16-25-37)45-33-17-26-38-39(27-33)41(44)42(40(38)43)31-7-5-4-6-8-31/h4-27H,1-3H3/q+1. The van der Waals surface area contributed by atoms with E-state index in [0.29, 0.717) is 28.3 Å². The first-order chi connectivity index (χ1) is 22.3. The van der Waals surface area contributed by atoms with Crippen molar-refractivity contribution >= 4 is 46.0 Å². The Bertz CT molecular complexity index is 1940. The summed E-state index contributed by atoms with van der Waals surface area (Å²) >= 11 is 0. The number of hydrogen-bond donors (Lipinski definition) is 0. The van der Waals surface area contributed by atoms with Gasteiger partial charge in [-0.05, 0) is 112 Å². The fourth-order valence-corrected chi connectivity index (χ4v) is 10.3. The van der Waals surface area contributed by atoms with E-state index >= 15 is 0 Å². The molecule has 6 aromatic rings. The molecule has 0 bridgehead atoms. The lowest BCUT2D eigenvalue weighted by atomic mass is 10.1. The van der Waals surface area contributed by atoms with Crippen LogP contribution in [0, 0.1) is 20.8 Å². The molecule has 6 aromatic carbocycles. The van der Waals surface area contributed by atoms with Crippen LogP contribution < -0.4 is 30.9 Å². The quantitative estimate of drug-likeness (QED) is 0.135. The highest BCUT2D eigenvalue weighted by Gasteiger charge is 2.48. The van der Waals surface area contributed by atoms with Crippen LogP contribution in [0.1, 0.15) is 37.4 Å². The lowest BCUT2D eigenvalue weighted by Crippen LogP contribution is -2.38. The number of benzene rings is 6. The van der Waals surface area contributed by atoms with E-state index in [1.54, 1.807) is 30.3 Å². The first-order valence-corrected chi connectivity index (χ1v) is 17.1. The van der Waals surface area contributed by atoms with Crippen LogP contribution in [0.2, 0.25) is 0 Å². The van der Waals surface area contributed by atoms with Gasteiger partial charge in [-0.15, -0.1) is 0 Å². The number of anilines is 1. The van der Waals surface area contributed by atoms with Crippen LogP contribution in [-0.4, -0.2) is 11.8 Å². The number of fused-ring (bicyclic) bond motifs is 1. The second-order valence-electron chi connectivity index (χ2n) is 11.8. The molecule has 0 spiro atoms. The number of carbonyl (C=O) groups is 2. The van der Waals surface area contributed by atoms with Crippen molar-refractivity contribution in [2.75, 3.05) is 4.90 Å². The van der Waals surface area contributed by atoms with Gasteiger partial charge in [0.15, 0.2) is 0 Å². The van der Waals surface area contributed by atoms with E-state index in [4.69, 9.17) is 4.74 Å². The van der Waals surface area contributed by atoms with E-state index in [1.165, 1.54) is 42.8 Å². The predicted octanol–water partition coefficient (Wildman–Crippen LogP) is 7.82. The number of para-hydroxylation sites is 1. The monoisotopic (exact) mass is 618 g/mol. The van der Waals surface area contributed by atoms with Gasteiger partial charge < -0.3 is 4.74 Å². The molecule has 1 aliphatic rings. The third kappa shape index (κ3) is 5.11. The van der Waals surface area contributed by atoms with Crippen molar-refractivity contribution in [3.63, 3.8) is 0 Å². The molecule has 224 valence electrons. The Morgan fingerprint density at radius 1 is 0.457 bits per heavy atom. The van der Waals surface area contributed by atoms with Gasteiger partial charge in [-0.1, -0.05) is 71.3 Å². The highest BCUT2D eigenvalue weighted by Crippen LogP contribution is 2.54. The number of amides is 2. The van der Waals surface area contributed by atoms with E-state index in [0.717, 1.165) is 0 Å². The molecule has 7 rings (SSSR count). The third-order valence-electron chi connectivity index (χ3n) is 8.60. The van der Waals surface area contributed by atoms with Crippen LogP contribution in [0.15, 0.2) is 146 Å². The maximum atomic E-state index is 13.3. The van der Waals surface area contributed by atoms with Crippen LogP contribution in [-0.2, 0) is 0 Å². The van der Waals surface area contributed by atoms with Crippen LogP contribution in [0.4, 0.5) is 5.69 Å². The average Bonchev–Trinajstić information content (AvgIpc) is 3.33. The molecule has 0 saturated heterocycles. The third-order valence-corrected chi connectivity index (χ3v) is 12.9. The zero-order valence-electron chi connectivity index (χ0n) is 26.0. The van der Waals surface area contributed by atoms with Crippen molar-refractivity contribution in [3.05, 3.63) is 173 Å². The molecule has 0 aliphatic carbocycles. The summed E-state index contributed by atoms with van der Waals surface area (Å²) in [5.74, 6) is 0.469. The van der Waals surface area contributed by atoms with Crippen molar-refractivity contribution in [3.8, 4) is 11.5 Å². The van der Waals surface area contributed by atoms with E-state index in [1.807, 2.05) is 30.3 Å². The fourth-order valence-electron chi connectivity index (χ4n) is 6.17. The van der Waals surface area contributed by atoms with Crippen LogP contribution >= 0.6 is 7.26 Å². The molecule has 0 atom stereocenters. The summed E-state index contributed by atoms with van der Waals surface area (Å²) < 4.78 is 6.29. The number of hydrogen-bond acceptors (Lipinski definition) is 3. The Morgan fingerprint density at radius 3 is 1.35 bits per heavy atom. The zero-order valence-corrected chi connectivity index (χ0v) is 26.9. The molecule has 2 amide bonds. The molecule has 46 heavy (non-hydrogen) atoms. The molecule has 0 saturated carbocycles. The minimum Gasteiger partial charge on any atom is -0.457 e. The predicted molar refractivity (Wildman–Crippen MR) is 190 cm³/mol. The van der Waals surface area contributed by atoms with Gasteiger partial charge in [0.1, 0.15) is 40.0 Å². The number of ether oxygens (including phenoxy) is 1. The summed E-state index contributed by atoms with van der Waals surface area (Å²) in [6.45, 7) is 6.36. The molecule has 1 aliphatic heterocycles. The number of rotatable bonds is 7. The number of imide groups is 1. The van der Waals surface area contributed by atoms with Crippen LogP contribution in [0.25, 0.3) is 0 Å². The van der Waals surface area contributed by atoms with E-state index in [9.17, 15) is 9.59 Å². The van der Waals surface area contributed by atoms with E-state index < -0.39 is 7.26 Å². The average molecular weight is 619 g/mol. The van der Waals surface area contributed by atoms with Crippen LogP contribution in [0.5, 0.6) is 11.5 Å². The van der Waals surface area contributed by atoms with E-state index in [2.05, 4.69) is 106 Å². The second-order valence-corrected chi connectivity index (χ2v) is 15.2.